The van der Waals surface area contributed by atoms with Crippen LogP contribution < -0.4 is 31.9 Å². The Labute approximate surface area is 660 Å². The van der Waals surface area contributed by atoms with E-state index in [4.69, 9.17) is 48.1 Å². The van der Waals surface area contributed by atoms with Crippen LogP contribution in [0.15, 0.2) is 0 Å². The van der Waals surface area contributed by atoms with Gasteiger partial charge in [0.15, 0.2) is 5.78 Å². The predicted octanol–water partition coefficient (Wildman–Crippen LogP) is 8.15. The van der Waals surface area contributed by atoms with Crippen LogP contribution in [0.2, 0.25) is 0 Å². The number of carbonyl (C=O) groups excluding carboxylic acids is 10. The first-order valence-corrected chi connectivity index (χ1v) is 40.7. The molecule has 111 heavy (non-hydrogen) atoms. The van der Waals surface area contributed by atoms with E-state index in [-0.39, 0.29) is 250 Å². The Kier molecular flexibility index (Phi) is 69.8. The summed E-state index contributed by atoms with van der Waals surface area (Å²) in [4.78, 5) is 168. The molecule has 0 bridgehead atoms. The number of carbonyl (C=O) groups is 14. The molecule has 0 spiro atoms. The van der Waals surface area contributed by atoms with Gasteiger partial charge in [-0.25, -0.2) is 9.59 Å². The summed E-state index contributed by atoms with van der Waals surface area (Å²) in [5, 5.41) is 52.4. The maximum Gasteiger partial charge on any atom is 0.326 e. The molecule has 32 heteroatoms. The van der Waals surface area contributed by atoms with Gasteiger partial charge in [0, 0.05) is 112 Å². The van der Waals surface area contributed by atoms with E-state index in [1.165, 1.54) is 6.92 Å². The molecule has 0 saturated heterocycles. The Morgan fingerprint density at radius 1 is 0.288 bits per heavy atom. The molecule has 0 aliphatic carbocycles. The lowest BCUT2D eigenvalue weighted by atomic mass is 9.87. The van der Waals surface area contributed by atoms with E-state index in [0.29, 0.717) is 96.7 Å². The number of rotatable bonds is 84. The fourth-order valence-electron chi connectivity index (χ4n) is 11.4. The summed E-state index contributed by atoms with van der Waals surface area (Å²) in [6, 6.07) is -2.31. The van der Waals surface area contributed by atoms with Crippen molar-refractivity contribution in [2.75, 3.05) is 132 Å². The molecule has 0 heterocycles. The highest BCUT2D eigenvalue weighted by Crippen LogP contribution is 2.21. The second-order valence-corrected chi connectivity index (χ2v) is 28.1. The molecular weight excluding hydrogens is 1450 g/mol. The number of hydrogen-bond donors (Lipinski definition) is 10. The molecule has 0 aliphatic heterocycles. The van der Waals surface area contributed by atoms with E-state index >= 15 is 0 Å². The fourth-order valence-corrected chi connectivity index (χ4v) is 11.4. The number of ketones is 4. The van der Waals surface area contributed by atoms with Gasteiger partial charge in [-0.05, 0) is 84.0 Å². The molecule has 0 aromatic carbocycles. The number of Topliss-reactive ketones (excluding diaryl/α,β-unsaturated/α-hetero) is 4. The highest BCUT2D eigenvalue weighted by atomic mass is 16.5. The maximum atomic E-state index is 13.0. The van der Waals surface area contributed by atoms with Crippen molar-refractivity contribution >= 4 is 82.5 Å². The average molecular weight is 1590 g/mol. The van der Waals surface area contributed by atoms with E-state index in [2.05, 4.69) is 31.9 Å². The fraction of sp³-hybridized carbons (Fsp3) is 0.823. The number of unbranched alkanes of at least 4 members (excludes halogenated alkanes) is 20. The van der Waals surface area contributed by atoms with E-state index in [9.17, 15) is 77.3 Å². The number of carboxylic acids is 4. The molecule has 4 atom stereocenters. The van der Waals surface area contributed by atoms with Gasteiger partial charge in [0.1, 0.15) is 55.9 Å². The lowest BCUT2D eigenvalue weighted by molar-refractivity contribution is -0.142. The molecular formula is C79H142N6O26. The van der Waals surface area contributed by atoms with Gasteiger partial charge in [0.25, 0.3) is 0 Å². The quantitative estimate of drug-likeness (QED) is 0.0257. The minimum atomic E-state index is -1.21. The molecule has 6 amide bonds. The van der Waals surface area contributed by atoms with Crippen LogP contribution in [0.4, 0.5) is 0 Å². The van der Waals surface area contributed by atoms with Crippen LogP contribution in [0.3, 0.4) is 0 Å². The predicted molar refractivity (Wildman–Crippen MR) is 416 cm³/mol. The lowest BCUT2D eigenvalue weighted by Gasteiger charge is -2.16. The normalized spacial score (nSPS) is 12.3. The summed E-state index contributed by atoms with van der Waals surface area (Å²) in [5.41, 5.74) is 0. The first kappa shape index (κ1) is 104. The third-order valence-electron chi connectivity index (χ3n) is 18.1. The third kappa shape index (κ3) is 71.8. The van der Waals surface area contributed by atoms with Crippen molar-refractivity contribution < 1.29 is 128 Å². The molecule has 0 radical (unpaired) electrons. The summed E-state index contributed by atoms with van der Waals surface area (Å²) >= 11 is 0. The summed E-state index contributed by atoms with van der Waals surface area (Å²) in [5.74, 6) is -6.89. The van der Waals surface area contributed by atoms with Crippen molar-refractivity contribution in [3.8, 4) is 0 Å². The second-order valence-electron chi connectivity index (χ2n) is 28.1. The minimum Gasteiger partial charge on any atom is -0.481 e. The van der Waals surface area contributed by atoms with Crippen LogP contribution in [0.25, 0.3) is 0 Å². The molecule has 0 aliphatic rings. The zero-order valence-corrected chi connectivity index (χ0v) is 66.8. The largest absolute Gasteiger partial charge is 0.481 e. The van der Waals surface area contributed by atoms with Crippen molar-refractivity contribution in [1.29, 1.82) is 0 Å². The smallest absolute Gasteiger partial charge is 0.326 e. The third-order valence-corrected chi connectivity index (χ3v) is 18.1. The summed E-state index contributed by atoms with van der Waals surface area (Å²) in [6.07, 6.45) is 25.0. The van der Waals surface area contributed by atoms with E-state index in [1.54, 1.807) is 0 Å². The molecule has 10 N–H and O–H groups in total. The topological polar surface area (TPSA) is 466 Å². The zero-order chi connectivity index (χ0) is 82.0. The standard InChI is InChI=1S/C79H138N6O26.2H2/c1-62(29-23-25-41-80-73(93)59-109-54-50-105-46-28-32-66(88)58-108-53-51-106-47-43-82-70(90)40-39-68(79(102)103)85-72(92)34-20-16-12-8-4-6-10-14-18-22-36-77(98)99)69(89)57-64(63(2)86)30-24-26-42-81-74(94)60-111-56-52-107-48-44-83-75(95)61-110-55-49-104-45-27-31-65(87)37-38-67(78(100)101)84-71(91)33-19-15-11-7-3-5-9-13-17-21-35-76(96)97;;/h62,64,67-68H,3-61H2,1-2H3,(H,80,93)(H,81,94)(H,82,90)(H,83,95)(H,84,91)(H,85,92)(H,96,97)(H,98,99)(H,100,101)(H,102,103);2*1H/t62-,64+,67-,68-;;/m0../s1. The van der Waals surface area contributed by atoms with Crippen molar-refractivity contribution in [3.05, 3.63) is 0 Å². The van der Waals surface area contributed by atoms with Crippen LogP contribution in [0, 0.1) is 11.8 Å². The Bertz CT molecular complexity index is 2580. The van der Waals surface area contributed by atoms with Gasteiger partial charge >= 0.3 is 23.9 Å². The summed E-state index contributed by atoms with van der Waals surface area (Å²) < 4.78 is 43.3. The van der Waals surface area contributed by atoms with Gasteiger partial charge in [-0.15, -0.1) is 0 Å². The van der Waals surface area contributed by atoms with Gasteiger partial charge < -0.3 is 90.2 Å². The molecule has 0 rings (SSSR count). The van der Waals surface area contributed by atoms with Crippen molar-refractivity contribution in [2.24, 2.45) is 11.8 Å². The first-order valence-electron chi connectivity index (χ1n) is 40.7. The summed E-state index contributed by atoms with van der Waals surface area (Å²) in [7, 11) is 0. The van der Waals surface area contributed by atoms with Crippen molar-refractivity contribution in [1.82, 2.24) is 31.9 Å². The molecule has 644 valence electrons. The monoisotopic (exact) mass is 1590 g/mol. The van der Waals surface area contributed by atoms with Crippen molar-refractivity contribution in [3.63, 3.8) is 0 Å². The first-order chi connectivity index (χ1) is 53.5. The second kappa shape index (κ2) is 74.5. The number of ether oxygens (including phenoxy) is 8. The van der Waals surface area contributed by atoms with Gasteiger partial charge in [0.05, 0.1) is 66.1 Å². The molecule has 0 aromatic rings. The van der Waals surface area contributed by atoms with Crippen LogP contribution >= 0.6 is 0 Å². The highest BCUT2D eigenvalue weighted by molar-refractivity contribution is 5.88. The van der Waals surface area contributed by atoms with Crippen LogP contribution in [-0.4, -0.2) is 247 Å². The Morgan fingerprint density at radius 2 is 0.622 bits per heavy atom. The van der Waals surface area contributed by atoms with Gasteiger partial charge in [0.2, 0.25) is 35.4 Å². The molecule has 0 fully saturated rings. The van der Waals surface area contributed by atoms with E-state index in [0.717, 1.165) is 103 Å². The molecule has 0 unspecified atom stereocenters. The zero-order valence-electron chi connectivity index (χ0n) is 66.8. The minimum absolute atomic E-state index is 0. The molecule has 0 aromatic heterocycles. The highest BCUT2D eigenvalue weighted by Gasteiger charge is 2.24. The van der Waals surface area contributed by atoms with Crippen molar-refractivity contribution in [2.45, 2.75) is 276 Å². The number of carboxylic acid groups (broad SMARTS) is 4. The number of nitrogens with one attached hydrogen (secondary N) is 6. The SMILES string of the molecule is CC(=O)[C@H](CCCCNC(=O)COCCOCCNC(=O)COCCOCCCC(=O)CC[C@H](NC(=O)CCCCCCCCCCCCC(=O)O)C(=O)O)CC(=O)[C@@H](C)CCCCNC(=O)COCCOCCCC(=O)COCCOCCNC(=O)CC[C@H](NC(=O)CCCCCCCCCCCCC(=O)O)C(=O)O.[HH].[HH]. The Hall–Kier alpha value is -6.94. The van der Waals surface area contributed by atoms with E-state index in [1.807, 2.05) is 6.92 Å². The van der Waals surface area contributed by atoms with Crippen LogP contribution in [0.5, 0.6) is 0 Å². The summed E-state index contributed by atoms with van der Waals surface area (Å²) in [6.45, 7) is 6.43. The average Bonchev–Trinajstić information content (AvgIpc) is 0.924. The number of hydrogen-bond acceptors (Lipinski definition) is 22. The Balaban J connectivity index is -0.0000605. The van der Waals surface area contributed by atoms with Gasteiger partial charge in [-0.1, -0.05) is 122 Å². The molecule has 32 nitrogen and oxygen atoms in total. The van der Waals surface area contributed by atoms with Crippen LogP contribution in [-0.2, 0) is 105 Å². The number of amides is 6. The maximum absolute atomic E-state index is 13.0. The van der Waals surface area contributed by atoms with Crippen LogP contribution in [0.1, 0.15) is 267 Å². The number of aliphatic carboxylic acids is 4. The Morgan fingerprint density at radius 3 is 1.02 bits per heavy atom. The van der Waals surface area contributed by atoms with E-state index < -0.39 is 41.9 Å². The van der Waals surface area contributed by atoms with Gasteiger partial charge in [-0.2, -0.15) is 0 Å². The van der Waals surface area contributed by atoms with Gasteiger partial charge in [-0.3, -0.25) is 57.5 Å². The lowest BCUT2D eigenvalue weighted by Crippen LogP contribution is -2.41. The molecule has 0 saturated carbocycles.